The van der Waals surface area contributed by atoms with Crippen LogP contribution in [-0.4, -0.2) is 28.4 Å². The SMILES string of the molecule is Cc1ccc(C2c3c4c(c(-c5ccccc5)n3-c3ccccc3N2S(C)(=O)=O)c(=O)n(C)c(=O)n4C)o1. The number of rotatable bonds is 3. The van der Waals surface area contributed by atoms with Crippen LogP contribution >= 0.6 is 0 Å². The average Bonchev–Trinajstić information content (AvgIpc) is 3.47. The van der Waals surface area contributed by atoms with E-state index in [1.165, 1.54) is 15.9 Å². The van der Waals surface area contributed by atoms with E-state index in [0.29, 0.717) is 45.2 Å². The molecule has 6 rings (SSSR count). The van der Waals surface area contributed by atoms with E-state index in [1.54, 1.807) is 38.2 Å². The normalized spacial score (nSPS) is 15.1. The largest absolute Gasteiger partial charge is 0.464 e. The maximum absolute atomic E-state index is 13.7. The summed E-state index contributed by atoms with van der Waals surface area (Å²) in [5.41, 5.74) is 2.20. The van der Waals surface area contributed by atoms with Crippen molar-refractivity contribution in [2.75, 3.05) is 10.6 Å². The van der Waals surface area contributed by atoms with E-state index >= 15 is 0 Å². The van der Waals surface area contributed by atoms with Gasteiger partial charge in [0.15, 0.2) is 0 Å². The zero-order valence-corrected chi connectivity index (χ0v) is 21.5. The van der Waals surface area contributed by atoms with Gasteiger partial charge in [-0.25, -0.2) is 13.2 Å². The minimum absolute atomic E-state index is 0.323. The van der Waals surface area contributed by atoms with Crippen molar-refractivity contribution in [1.29, 1.82) is 0 Å². The van der Waals surface area contributed by atoms with Gasteiger partial charge in [-0.3, -0.25) is 18.2 Å². The Morgan fingerprint density at radius 3 is 2.11 bits per heavy atom. The van der Waals surface area contributed by atoms with E-state index in [0.717, 1.165) is 16.4 Å². The third-order valence-corrected chi connectivity index (χ3v) is 8.02. The van der Waals surface area contributed by atoms with Crippen LogP contribution in [0.1, 0.15) is 23.3 Å². The topological polar surface area (TPSA) is 99.5 Å². The van der Waals surface area contributed by atoms with E-state index in [1.807, 2.05) is 47.0 Å². The lowest BCUT2D eigenvalue weighted by atomic mass is 10.1. The fraction of sp³-hybridized carbons (Fsp3) is 0.185. The molecule has 0 fully saturated rings. The van der Waals surface area contributed by atoms with Gasteiger partial charge in [0.05, 0.1) is 39.9 Å². The molecular weight excluding hydrogens is 492 g/mol. The van der Waals surface area contributed by atoms with Crippen molar-refractivity contribution in [3.63, 3.8) is 0 Å². The summed E-state index contributed by atoms with van der Waals surface area (Å²) in [5.74, 6) is 0.989. The Labute approximate surface area is 212 Å². The highest BCUT2D eigenvalue weighted by Gasteiger charge is 2.43. The monoisotopic (exact) mass is 516 g/mol. The van der Waals surface area contributed by atoms with Gasteiger partial charge in [0.1, 0.15) is 17.6 Å². The van der Waals surface area contributed by atoms with Crippen LogP contribution in [0.2, 0.25) is 0 Å². The zero-order valence-electron chi connectivity index (χ0n) is 20.7. The highest BCUT2D eigenvalue weighted by atomic mass is 32.2. The fourth-order valence-corrected chi connectivity index (χ4v) is 6.48. The molecule has 0 N–H and O–H groups in total. The van der Waals surface area contributed by atoms with Crippen molar-refractivity contribution in [2.45, 2.75) is 13.0 Å². The second-order valence-corrected chi connectivity index (χ2v) is 11.1. The number of hydrogen-bond donors (Lipinski definition) is 0. The average molecular weight is 517 g/mol. The molecule has 0 amide bonds. The molecule has 4 heterocycles. The van der Waals surface area contributed by atoms with Crippen molar-refractivity contribution in [3.05, 3.63) is 105 Å². The molecule has 3 aromatic heterocycles. The minimum atomic E-state index is -3.85. The summed E-state index contributed by atoms with van der Waals surface area (Å²) in [6.07, 6.45) is 1.14. The molecular formula is C27H24N4O5S. The van der Waals surface area contributed by atoms with Crippen molar-refractivity contribution in [2.24, 2.45) is 14.1 Å². The molecule has 0 spiro atoms. The highest BCUT2D eigenvalue weighted by molar-refractivity contribution is 7.92. The Morgan fingerprint density at radius 1 is 0.838 bits per heavy atom. The first-order valence-corrected chi connectivity index (χ1v) is 13.5. The summed E-state index contributed by atoms with van der Waals surface area (Å²) in [4.78, 5) is 26.9. The van der Waals surface area contributed by atoms with Crippen LogP contribution in [0.3, 0.4) is 0 Å². The number of fused-ring (bicyclic) bond motifs is 5. The number of hydrogen-bond acceptors (Lipinski definition) is 5. The quantitative estimate of drug-likeness (QED) is 0.366. The predicted octanol–water partition coefficient (Wildman–Crippen LogP) is 3.47. The molecule has 9 nitrogen and oxygen atoms in total. The van der Waals surface area contributed by atoms with Gasteiger partial charge in [-0.05, 0) is 36.8 Å². The number of sulfonamides is 1. The number of nitrogens with zero attached hydrogens (tertiary/aromatic N) is 4. The maximum atomic E-state index is 13.7. The summed E-state index contributed by atoms with van der Waals surface area (Å²) in [5, 5.41) is 0.323. The molecule has 2 aromatic carbocycles. The van der Waals surface area contributed by atoms with Crippen molar-refractivity contribution in [3.8, 4) is 16.9 Å². The molecule has 1 aliphatic rings. The summed E-state index contributed by atoms with van der Waals surface area (Å²) >= 11 is 0. The molecule has 1 aliphatic heterocycles. The number of aromatic nitrogens is 3. The van der Waals surface area contributed by atoms with Gasteiger partial charge >= 0.3 is 5.69 Å². The summed E-state index contributed by atoms with van der Waals surface area (Å²) in [7, 11) is -0.809. The van der Waals surface area contributed by atoms with Crippen LogP contribution < -0.4 is 15.6 Å². The Balaban J connectivity index is 1.94. The molecule has 0 saturated carbocycles. The summed E-state index contributed by atoms with van der Waals surface area (Å²) in [6, 6.07) is 19.1. The standard InChI is InChI=1S/C27H24N4O5S/c1-16-14-15-20(36-16)23-25-24-21(26(32)29(3)27(33)28(24)2)22(17-10-6-5-7-11-17)30(25)18-12-8-9-13-19(18)31(23)37(4,34)35/h5-15,23H,1-4H3. The number of aryl methyl sites for hydroxylation is 2. The van der Waals surface area contributed by atoms with Gasteiger partial charge in [-0.1, -0.05) is 42.5 Å². The van der Waals surface area contributed by atoms with Gasteiger partial charge in [-0.2, -0.15) is 0 Å². The maximum Gasteiger partial charge on any atom is 0.331 e. The smallest absolute Gasteiger partial charge is 0.331 e. The Kier molecular flexibility index (Phi) is 4.90. The van der Waals surface area contributed by atoms with Crippen LogP contribution in [0.15, 0.2) is 80.7 Å². The van der Waals surface area contributed by atoms with E-state index < -0.39 is 27.3 Å². The number of benzene rings is 2. The van der Waals surface area contributed by atoms with E-state index in [-0.39, 0.29) is 0 Å². The second kappa shape index (κ2) is 7.84. The first-order chi connectivity index (χ1) is 17.6. The highest BCUT2D eigenvalue weighted by Crippen LogP contribution is 2.49. The number of para-hydroxylation sites is 2. The molecule has 0 radical (unpaired) electrons. The lowest BCUT2D eigenvalue weighted by Gasteiger charge is -2.37. The summed E-state index contributed by atoms with van der Waals surface area (Å²) in [6.45, 7) is 1.78. The first kappa shape index (κ1) is 23.1. The molecule has 0 saturated heterocycles. The molecule has 5 aromatic rings. The first-order valence-electron chi connectivity index (χ1n) is 11.7. The Morgan fingerprint density at radius 2 is 1.49 bits per heavy atom. The van der Waals surface area contributed by atoms with E-state index in [4.69, 9.17) is 4.42 Å². The van der Waals surface area contributed by atoms with Crippen molar-refractivity contribution >= 4 is 26.6 Å². The van der Waals surface area contributed by atoms with E-state index in [9.17, 15) is 18.0 Å². The lowest BCUT2D eigenvalue weighted by Crippen LogP contribution is -2.40. The van der Waals surface area contributed by atoms with Crippen molar-refractivity contribution in [1.82, 2.24) is 13.7 Å². The van der Waals surface area contributed by atoms with Gasteiger partial charge in [-0.15, -0.1) is 0 Å². The van der Waals surface area contributed by atoms with Crippen LogP contribution in [0.4, 0.5) is 5.69 Å². The molecule has 0 aliphatic carbocycles. The van der Waals surface area contributed by atoms with Gasteiger partial charge < -0.3 is 8.98 Å². The van der Waals surface area contributed by atoms with Gasteiger partial charge in [0.25, 0.3) is 5.56 Å². The number of anilines is 1. The molecule has 1 atom stereocenters. The second-order valence-electron chi connectivity index (χ2n) is 9.26. The Bertz CT molecular complexity index is 1940. The fourth-order valence-electron chi connectivity index (χ4n) is 5.38. The van der Waals surface area contributed by atoms with Crippen LogP contribution in [0, 0.1) is 6.92 Å². The van der Waals surface area contributed by atoms with Gasteiger partial charge in [0, 0.05) is 14.1 Å². The molecule has 188 valence electrons. The third kappa shape index (κ3) is 3.18. The Hall–Kier alpha value is -4.31. The molecule has 1 unspecified atom stereocenters. The lowest BCUT2D eigenvalue weighted by molar-refractivity contribution is 0.457. The van der Waals surface area contributed by atoms with Crippen molar-refractivity contribution < 1.29 is 12.8 Å². The van der Waals surface area contributed by atoms with Crippen LogP contribution in [0.5, 0.6) is 0 Å². The summed E-state index contributed by atoms with van der Waals surface area (Å²) < 4.78 is 38.5. The van der Waals surface area contributed by atoms with E-state index in [2.05, 4.69) is 0 Å². The van der Waals surface area contributed by atoms with Gasteiger partial charge in [0.2, 0.25) is 10.0 Å². The third-order valence-electron chi connectivity index (χ3n) is 6.90. The molecule has 0 bridgehead atoms. The molecule has 37 heavy (non-hydrogen) atoms. The number of furan rings is 1. The predicted molar refractivity (Wildman–Crippen MR) is 142 cm³/mol. The zero-order chi connectivity index (χ0) is 26.2. The molecule has 10 heteroatoms. The minimum Gasteiger partial charge on any atom is -0.464 e. The van der Waals surface area contributed by atoms with Crippen LogP contribution in [-0.2, 0) is 24.1 Å². The van der Waals surface area contributed by atoms with Crippen LogP contribution in [0.25, 0.3) is 27.8 Å².